The number of amides is 1. The maximum absolute atomic E-state index is 13.6. The highest BCUT2D eigenvalue weighted by Crippen LogP contribution is 2.32. The molecule has 1 N–H and O–H groups in total. The minimum atomic E-state index is -4.15. The highest BCUT2D eigenvalue weighted by molar-refractivity contribution is 7.92. The fourth-order valence-electron chi connectivity index (χ4n) is 3.42. The monoisotopic (exact) mass is 526 g/mol. The molecule has 0 radical (unpaired) electrons. The van der Waals surface area contributed by atoms with E-state index in [0.717, 1.165) is 17.1 Å². The standard InChI is InChI=1S/C27H30N2O7S/c1-4-5-18-36-27(31)20-10-12-21(13-11-20)28-26(30)19-29(24-8-6-7-9-25(24)35-3)37(32,33)23-16-14-22(34-2)15-17-23/h6-17H,4-5,18-19H2,1-3H3,(H,28,30). The van der Waals surface area contributed by atoms with E-state index in [4.69, 9.17) is 14.2 Å². The third-order valence-electron chi connectivity index (χ3n) is 5.42. The van der Waals surface area contributed by atoms with Gasteiger partial charge < -0.3 is 19.5 Å². The molecule has 0 saturated heterocycles. The highest BCUT2D eigenvalue weighted by Gasteiger charge is 2.29. The van der Waals surface area contributed by atoms with Gasteiger partial charge in [0, 0.05) is 5.69 Å². The van der Waals surface area contributed by atoms with Crippen LogP contribution in [0.1, 0.15) is 30.1 Å². The molecule has 0 bridgehead atoms. The van der Waals surface area contributed by atoms with Gasteiger partial charge in [0.2, 0.25) is 5.91 Å². The summed E-state index contributed by atoms with van der Waals surface area (Å²) in [4.78, 5) is 25.1. The third kappa shape index (κ3) is 7.01. The molecule has 0 fully saturated rings. The average Bonchev–Trinajstić information content (AvgIpc) is 2.92. The van der Waals surface area contributed by atoms with E-state index in [1.807, 2.05) is 6.92 Å². The zero-order chi connectivity index (χ0) is 26.8. The van der Waals surface area contributed by atoms with Crippen molar-refractivity contribution in [3.63, 3.8) is 0 Å². The predicted octanol–water partition coefficient (Wildman–Crippen LogP) is 4.49. The van der Waals surface area contributed by atoms with E-state index in [-0.39, 0.29) is 10.6 Å². The van der Waals surface area contributed by atoms with Crippen molar-refractivity contribution in [1.29, 1.82) is 0 Å². The van der Waals surface area contributed by atoms with E-state index < -0.39 is 28.4 Å². The Labute approximate surface area is 217 Å². The lowest BCUT2D eigenvalue weighted by atomic mass is 10.2. The number of anilines is 2. The molecular formula is C27H30N2O7S. The first-order valence-electron chi connectivity index (χ1n) is 11.7. The molecule has 0 spiro atoms. The van der Waals surface area contributed by atoms with Crippen molar-refractivity contribution >= 4 is 33.3 Å². The summed E-state index contributed by atoms with van der Waals surface area (Å²) in [7, 11) is -1.25. The smallest absolute Gasteiger partial charge is 0.338 e. The van der Waals surface area contributed by atoms with Crippen LogP contribution in [0.15, 0.2) is 77.7 Å². The van der Waals surface area contributed by atoms with Gasteiger partial charge in [0.25, 0.3) is 10.0 Å². The van der Waals surface area contributed by atoms with Gasteiger partial charge in [-0.3, -0.25) is 9.10 Å². The summed E-state index contributed by atoms with van der Waals surface area (Å²) >= 11 is 0. The van der Waals surface area contributed by atoms with Gasteiger partial charge in [0.1, 0.15) is 18.0 Å². The highest BCUT2D eigenvalue weighted by atomic mass is 32.2. The molecule has 3 aromatic rings. The Kier molecular flexibility index (Phi) is 9.51. The van der Waals surface area contributed by atoms with Crippen LogP contribution in [0.25, 0.3) is 0 Å². The van der Waals surface area contributed by atoms with Crippen molar-refractivity contribution in [2.45, 2.75) is 24.7 Å². The van der Waals surface area contributed by atoms with Gasteiger partial charge in [0.15, 0.2) is 0 Å². The zero-order valence-corrected chi connectivity index (χ0v) is 21.8. The summed E-state index contributed by atoms with van der Waals surface area (Å²) in [5.74, 6) is -0.239. The Hall–Kier alpha value is -4.05. The first-order valence-corrected chi connectivity index (χ1v) is 13.1. The lowest BCUT2D eigenvalue weighted by molar-refractivity contribution is -0.114. The number of sulfonamides is 1. The third-order valence-corrected chi connectivity index (χ3v) is 7.20. The van der Waals surface area contributed by atoms with E-state index in [9.17, 15) is 18.0 Å². The van der Waals surface area contributed by atoms with Crippen molar-refractivity contribution in [3.8, 4) is 11.5 Å². The number of unbranched alkanes of at least 4 members (excludes halogenated alkanes) is 1. The number of ether oxygens (including phenoxy) is 3. The van der Waals surface area contributed by atoms with Gasteiger partial charge in [-0.2, -0.15) is 0 Å². The quantitative estimate of drug-likeness (QED) is 0.273. The van der Waals surface area contributed by atoms with Crippen molar-refractivity contribution in [2.75, 3.05) is 37.0 Å². The molecule has 10 heteroatoms. The number of nitrogens with one attached hydrogen (secondary N) is 1. The molecule has 0 aliphatic carbocycles. The lowest BCUT2D eigenvalue weighted by Crippen LogP contribution is -2.38. The van der Waals surface area contributed by atoms with E-state index in [2.05, 4.69) is 5.32 Å². The van der Waals surface area contributed by atoms with Crippen LogP contribution in [-0.4, -0.2) is 47.7 Å². The summed E-state index contributed by atoms with van der Waals surface area (Å²) in [5, 5.41) is 2.68. The van der Waals surface area contributed by atoms with Gasteiger partial charge in [-0.05, 0) is 67.1 Å². The van der Waals surface area contributed by atoms with E-state index in [1.54, 1.807) is 36.4 Å². The van der Waals surface area contributed by atoms with Crippen molar-refractivity contribution in [3.05, 3.63) is 78.4 Å². The molecule has 0 aliphatic rings. The number of rotatable bonds is 12. The van der Waals surface area contributed by atoms with Crippen molar-refractivity contribution in [2.24, 2.45) is 0 Å². The zero-order valence-electron chi connectivity index (χ0n) is 21.0. The maximum atomic E-state index is 13.6. The van der Waals surface area contributed by atoms with Gasteiger partial charge in [-0.15, -0.1) is 0 Å². The minimum Gasteiger partial charge on any atom is -0.497 e. The van der Waals surface area contributed by atoms with Crippen LogP contribution < -0.4 is 19.1 Å². The fraction of sp³-hybridized carbons (Fsp3) is 0.259. The lowest BCUT2D eigenvalue weighted by Gasteiger charge is -2.25. The molecule has 3 aromatic carbocycles. The molecule has 0 heterocycles. The molecule has 0 unspecified atom stereocenters. The number of benzene rings is 3. The summed E-state index contributed by atoms with van der Waals surface area (Å²) in [6, 6.07) is 18.6. The Balaban J connectivity index is 1.83. The Bertz CT molecular complexity index is 1310. The number of carbonyl (C=O) groups is 2. The number of para-hydroxylation sites is 2. The molecule has 9 nitrogen and oxygen atoms in total. The number of carbonyl (C=O) groups excluding carboxylic acids is 2. The second-order valence-corrected chi connectivity index (χ2v) is 9.84. The van der Waals surface area contributed by atoms with Gasteiger partial charge in [-0.1, -0.05) is 25.5 Å². The van der Waals surface area contributed by atoms with E-state index in [0.29, 0.717) is 29.4 Å². The molecule has 196 valence electrons. The molecule has 3 rings (SSSR count). The Morgan fingerprint density at radius 2 is 1.57 bits per heavy atom. The largest absolute Gasteiger partial charge is 0.497 e. The number of hydrogen-bond donors (Lipinski definition) is 1. The Morgan fingerprint density at radius 1 is 0.892 bits per heavy atom. The minimum absolute atomic E-state index is 0.0158. The molecule has 1 amide bonds. The SMILES string of the molecule is CCCCOC(=O)c1ccc(NC(=O)CN(c2ccccc2OC)S(=O)(=O)c2ccc(OC)cc2)cc1. The van der Waals surface area contributed by atoms with Crippen molar-refractivity contribution in [1.82, 2.24) is 0 Å². The first kappa shape index (κ1) is 27.5. The molecule has 0 aliphatic heterocycles. The summed E-state index contributed by atoms with van der Waals surface area (Å²) in [6.45, 7) is 1.83. The second-order valence-electron chi connectivity index (χ2n) is 7.97. The predicted molar refractivity (Wildman–Crippen MR) is 141 cm³/mol. The second kappa shape index (κ2) is 12.8. The number of methoxy groups -OCH3 is 2. The number of nitrogens with zero attached hydrogens (tertiary/aromatic N) is 1. The van der Waals surface area contributed by atoms with Crippen LogP contribution in [0.5, 0.6) is 11.5 Å². The topological polar surface area (TPSA) is 111 Å². The maximum Gasteiger partial charge on any atom is 0.338 e. The first-order chi connectivity index (χ1) is 17.8. The summed E-state index contributed by atoms with van der Waals surface area (Å²) < 4.78 is 43.9. The molecule has 0 aromatic heterocycles. The van der Waals surface area contributed by atoms with Gasteiger partial charge >= 0.3 is 5.97 Å². The molecular weight excluding hydrogens is 496 g/mol. The van der Waals surface area contributed by atoms with E-state index >= 15 is 0 Å². The Morgan fingerprint density at radius 3 is 2.19 bits per heavy atom. The average molecular weight is 527 g/mol. The number of esters is 1. The molecule has 0 saturated carbocycles. The van der Waals surface area contributed by atoms with Crippen LogP contribution in [0.4, 0.5) is 11.4 Å². The van der Waals surface area contributed by atoms with Gasteiger partial charge in [0.05, 0.1) is 37.0 Å². The van der Waals surface area contributed by atoms with Crippen LogP contribution in [0.3, 0.4) is 0 Å². The summed E-state index contributed by atoms with van der Waals surface area (Å²) in [5.41, 5.74) is 0.963. The van der Waals surface area contributed by atoms with Crippen LogP contribution in [-0.2, 0) is 19.6 Å². The van der Waals surface area contributed by atoms with E-state index in [1.165, 1.54) is 50.6 Å². The number of hydrogen-bond acceptors (Lipinski definition) is 7. The van der Waals surface area contributed by atoms with Crippen LogP contribution in [0, 0.1) is 0 Å². The fourth-order valence-corrected chi connectivity index (χ4v) is 4.86. The van der Waals surface area contributed by atoms with Gasteiger partial charge in [-0.25, -0.2) is 13.2 Å². The van der Waals surface area contributed by atoms with Crippen LogP contribution in [0.2, 0.25) is 0 Å². The molecule has 37 heavy (non-hydrogen) atoms. The van der Waals surface area contributed by atoms with Crippen molar-refractivity contribution < 1.29 is 32.2 Å². The molecule has 0 atom stereocenters. The van der Waals surface area contributed by atoms with Crippen LogP contribution >= 0.6 is 0 Å². The summed E-state index contributed by atoms with van der Waals surface area (Å²) in [6.07, 6.45) is 1.69. The normalized spacial score (nSPS) is 10.9.